The molecule has 1 fully saturated rings. The molecule has 2 aromatic carbocycles. The summed E-state index contributed by atoms with van der Waals surface area (Å²) in [5.74, 6) is 0.575. The number of halogens is 1. The fourth-order valence-electron chi connectivity index (χ4n) is 4.83. The van der Waals surface area contributed by atoms with Gasteiger partial charge in [-0.3, -0.25) is 4.79 Å². The zero-order valence-electron chi connectivity index (χ0n) is 19.4. The first-order valence-electron chi connectivity index (χ1n) is 12.0. The molecule has 35 heavy (non-hydrogen) atoms. The molecule has 2 aliphatic heterocycles. The van der Waals surface area contributed by atoms with Crippen molar-refractivity contribution in [2.24, 2.45) is 5.92 Å². The van der Waals surface area contributed by atoms with Gasteiger partial charge >= 0.3 is 0 Å². The van der Waals surface area contributed by atoms with Crippen molar-refractivity contribution in [2.45, 2.75) is 50.0 Å². The number of nitrogens with one attached hydrogen (secondary N) is 1. The number of aromatic nitrogens is 3. The smallest absolute Gasteiger partial charge is 0.245 e. The third-order valence-corrected chi connectivity index (χ3v) is 8.71. The summed E-state index contributed by atoms with van der Waals surface area (Å²) in [5, 5.41) is 11.7. The topological polar surface area (TPSA) is 97.2 Å². The number of amides is 1. The van der Waals surface area contributed by atoms with Crippen LogP contribution in [0.5, 0.6) is 0 Å². The highest BCUT2D eigenvalue weighted by atomic mass is 32.2. The SMILES string of the molecule is O=C(Nc1cccc(-c2nnc3n2CCCCC3)c1)C1CCN(S(=O)(=O)c2ccccc2F)CC1. The molecule has 0 aliphatic carbocycles. The van der Waals surface area contributed by atoms with Crippen molar-refractivity contribution in [3.8, 4) is 11.4 Å². The van der Waals surface area contributed by atoms with Gasteiger partial charge in [0.2, 0.25) is 15.9 Å². The predicted molar refractivity (Wildman–Crippen MR) is 130 cm³/mol. The highest BCUT2D eigenvalue weighted by Gasteiger charge is 2.33. The minimum Gasteiger partial charge on any atom is -0.326 e. The number of carbonyl (C=O) groups excluding carboxylic acids is 1. The van der Waals surface area contributed by atoms with E-state index in [-0.39, 0.29) is 29.8 Å². The molecule has 3 heterocycles. The number of benzene rings is 2. The summed E-state index contributed by atoms with van der Waals surface area (Å²) in [6.45, 7) is 1.23. The fourth-order valence-corrected chi connectivity index (χ4v) is 6.37. The molecule has 0 spiro atoms. The maximum atomic E-state index is 14.1. The molecule has 5 rings (SSSR count). The van der Waals surface area contributed by atoms with Crippen molar-refractivity contribution in [3.05, 3.63) is 60.2 Å². The van der Waals surface area contributed by atoms with Crippen LogP contribution in [0.2, 0.25) is 0 Å². The third-order valence-electron chi connectivity index (χ3n) is 6.78. The first kappa shape index (κ1) is 23.6. The molecule has 0 bridgehead atoms. The number of fused-ring (bicyclic) bond motifs is 1. The van der Waals surface area contributed by atoms with Crippen LogP contribution in [-0.2, 0) is 27.8 Å². The van der Waals surface area contributed by atoms with Crippen LogP contribution in [0, 0.1) is 11.7 Å². The van der Waals surface area contributed by atoms with Crippen LogP contribution < -0.4 is 5.32 Å². The van der Waals surface area contributed by atoms with Gasteiger partial charge in [-0.2, -0.15) is 4.31 Å². The minimum atomic E-state index is -3.93. The Kier molecular flexibility index (Phi) is 6.66. The summed E-state index contributed by atoms with van der Waals surface area (Å²) in [6.07, 6.45) is 5.07. The summed E-state index contributed by atoms with van der Waals surface area (Å²) >= 11 is 0. The van der Waals surface area contributed by atoms with E-state index < -0.39 is 15.8 Å². The highest BCUT2D eigenvalue weighted by Crippen LogP contribution is 2.28. The first-order valence-corrected chi connectivity index (χ1v) is 13.5. The van der Waals surface area contributed by atoms with Gasteiger partial charge in [0, 0.05) is 43.2 Å². The van der Waals surface area contributed by atoms with E-state index >= 15 is 0 Å². The standard InChI is InChI=1S/C25H28FN5O3S/c26-21-9-3-4-10-22(21)35(33,34)30-15-12-18(13-16-30)25(32)27-20-8-6-7-19(17-20)24-29-28-23-11-2-1-5-14-31(23)24/h3-4,6-10,17-18H,1-2,5,11-16H2,(H,27,32). The van der Waals surface area contributed by atoms with E-state index in [9.17, 15) is 17.6 Å². The van der Waals surface area contributed by atoms with Crippen molar-refractivity contribution >= 4 is 21.6 Å². The zero-order valence-corrected chi connectivity index (χ0v) is 20.2. The number of piperidine rings is 1. The molecule has 0 unspecified atom stereocenters. The van der Waals surface area contributed by atoms with Crippen LogP contribution >= 0.6 is 0 Å². The van der Waals surface area contributed by atoms with Crippen molar-refractivity contribution in [1.29, 1.82) is 0 Å². The van der Waals surface area contributed by atoms with E-state index in [1.807, 2.05) is 24.3 Å². The van der Waals surface area contributed by atoms with Gasteiger partial charge in [0.15, 0.2) is 5.82 Å². The fraction of sp³-hybridized carbons (Fsp3) is 0.400. The Labute approximate surface area is 204 Å². The van der Waals surface area contributed by atoms with Crippen LogP contribution in [0.25, 0.3) is 11.4 Å². The Morgan fingerprint density at radius 3 is 2.57 bits per heavy atom. The Morgan fingerprint density at radius 2 is 1.77 bits per heavy atom. The summed E-state index contributed by atoms with van der Waals surface area (Å²) in [5.41, 5.74) is 1.56. The molecule has 184 valence electrons. The van der Waals surface area contributed by atoms with E-state index in [1.165, 1.54) is 28.9 Å². The number of nitrogens with zero attached hydrogens (tertiary/aromatic N) is 4. The molecule has 0 atom stereocenters. The monoisotopic (exact) mass is 497 g/mol. The maximum absolute atomic E-state index is 14.1. The Morgan fingerprint density at radius 1 is 0.971 bits per heavy atom. The van der Waals surface area contributed by atoms with E-state index in [0.717, 1.165) is 49.1 Å². The highest BCUT2D eigenvalue weighted by molar-refractivity contribution is 7.89. The van der Waals surface area contributed by atoms with Crippen LogP contribution in [-0.4, -0.2) is 46.5 Å². The Hall–Kier alpha value is -3.11. The first-order chi connectivity index (χ1) is 16.9. The van der Waals surface area contributed by atoms with E-state index in [4.69, 9.17) is 0 Å². The van der Waals surface area contributed by atoms with Crippen molar-refractivity contribution in [1.82, 2.24) is 19.1 Å². The lowest BCUT2D eigenvalue weighted by Crippen LogP contribution is -2.41. The van der Waals surface area contributed by atoms with Crippen molar-refractivity contribution < 1.29 is 17.6 Å². The molecular formula is C25H28FN5O3S. The maximum Gasteiger partial charge on any atom is 0.245 e. The summed E-state index contributed by atoms with van der Waals surface area (Å²) in [4.78, 5) is 12.6. The molecular weight excluding hydrogens is 469 g/mol. The predicted octanol–water partition coefficient (Wildman–Crippen LogP) is 3.85. The second-order valence-corrected chi connectivity index (χ2v) is 11.0. The molecule has 1 aromatic heterocycles. The van der Waals surface area contributed by atoms with Crippen molar-refractivity contribution in [2.75, 3.05) is 18.4 Å². The van der Waals surface area contributed by atoms with Gasteiger partial charge in [0.05, 0.1) is 0 Å². The third kappa shape index (κ3) is 4.85. The Balaban J connectivity index is 1.24. The number of sulfonamides is 1. The number of aryl methyl sites for hydroxylation is 1. The average Bonchev–Trinajstić information content (AvgIpc) is 3.12. The summed E-state index contributed by atoms with van der Waals surface area (Å²) in [7, 11) is -3.93. The number of hydrogen-bond acceptors (Lipinski definition) is 5. The van der Waals surface area contributed by atoms with E-state index in [1.54, 1.807) is 0 Å². The van der Waals surface area contributed by atoms with Crippen LogP contribution in [0.4, 0.5) is 10.1 Å². The molecule has 1 amide bonds. The molecule has 10 heteroatoms. The van der Waals surface area contributed by atoms with Crippen LogP contribution in [0.3, 0.4) is 0 Å². The van der Waals surface area contributed by atoms with Gasteiger partial charge in [0.25, 0.3) is 0 Å². The van der Waals surface area contributed by atoms with Gasteiger partial charge in [-0.05, 0) is 49.9 Å². The van der Waals surface area contributed by atoms with Gasteiger partial charge in [-0.15, -0.1) is 10.2 Å². The number of hydrogen-bond donors (Lipinski definition) is 1. The van der Waals surface area contributed by atoms with Crippen LogP contribution in [0.15, 0.2) is 53.4 Å². The van der Waals surface area contributed by atoms with Gasteiger partial charge in [-0.25, -0.2) is 12.8 Å². The molecule has 8 nitrogen and oxygen atoms in total. The number of carbonyl (C=O) groups is 1. The number of anilines is 1. The largest absolute Gasteiger partial charge is 0.326 e. The van der Waals surface area contributed by atoms with Gasteiger partial charge < -0.3 is 9.88 Å². The zero-order chi connectivity index (χ0) is 24.4. The van der Waals surface area contributed by atoms with Gasteiger partial charge in [0.1, 0.15) is 16.5 Å². The van der Waals surface area contributed by atoms with E-state index in [2.05, 4.69) is 20.1 Å². The summed E-state index contributed by atoms with van der Waals surface area (Å²) in [6, 6.07) is 12.9. The lowest BCUT2D eigenvalue weighted by atomic mass is 9.97. The van der Waals surface area contributed by atoms with Crippen LogP contribution in [0.1, 0.15) is 37.9 Å². The van der Waals surface area contributed by atoms with E-state index in [0.29, 0.717) is 18.5 Å². The quantitative estimate of drug-likeness (QED) is 0.578. The molecule has 1 saturated heterocycles. The minimum absolute atomic E-state index is 0.148. The second-order valence-electron chi connectivity index (χ2n) is 9.08. The molecule has 0 radical (unpaired) electrons. The normalized spacial score (nSPS) is 17.5. The number of rotatable bonds is 5. The molecule has 2 aliphatic rings. The molecule has 3 aromatic rings. The Bertz CT molecular complexity index is 1330. The second kappa shape index (κ2) is 9.87. The lowest BCUT2D eigenvalue weighted by molar-refractivity contribution is -0.120. The molecule has 1 N–H and O–H groups in total. The molecule has 0 saturated carbocycles. The lowest BCUT2D eigenvalue weighted by Gasteiger charge is -2.30. The summed E-state index contributed by atoms with van der Waals surface area (Å²) < 4.78 is 43.1. The van der Waals surface area contributed by atoms with Crippen molar-refractivity contribution in [3.63, 3.8) is 0 Å². The van der Waals surface area contributed by atoms with Gasteiger partial charge in [-0.1, -0.05) is 30.7 Å². The average molecular weight is 498 g/mol.